The molecule has 0 aliphatic carbocycles. The van der Waals surface area contributed by atoms with Gasteiger partial charge in [-0.1, -0.05) is 11.2 Å². The predicted octanol–water partition coefficient (Wildman–Crippen LogP) is 1.58. The topological polar surface area (TPSA) is 74.6 Å². The van der Waals surface area contributed by atoms with Crippen LogP contribution in [0.2, 0.25) is 0 Å². The molecule has 2 aliphatic rings. The first kappa shape index (κ1) is 15.9. The molecule has 7 nitrogen and oxygen atoms in total. The molecule has 1 aromatic heterocycles. The van der Waals surface area contributed by atoms with Crippen molar-refractivity contribution in [2.24, 2.45) is 0 Å². The molecule has 8 heteroatoms. The molecular weight excluding hydrogens is 325 g/mol. The Labute approximate surface area is 144 Å². The molecule has 0 bridgehead atoms. The largest absolute Gasteiger partial charge is 0.367 e. The quantitative estimate of drug-likeness (QED) is 0.760. The van der Waals surface area contributed by atoms with E-state index in [0.717, 1.165) is 37.4 Å². The summed E-state index contributed by atoms with van der Waals surface area (Å²) >= 11 is 0. The third-order valence-corrected chi connectivity index (χ3v) is 4.31. The number of benzene rings is 1. The van der Waals surface area contributed by atoms with Crippen molar-refractivity contribution in [2.75, 3.05) is 42.9 Å². The van der Waals surface area contributed by atoms with Gasteiger partial charge in [0.25, 0.3) is 0 Å². The molecule has 1 aromatic carbocycles. The number of rotatable bonds is 5. The summed E-state index contributed by atoms with van der Waals surface area (Å²) in [5.41, 5.74) is 5.04. The molecule has 25 heavy (non-hydrogen) atoms. The molecule has 1 saturated heterocycles. The van der Waals surface area contributed by atoms with Gasteiger partial charge in [-0.05, 0) is 18.2 Å². The second kappa shape index (κ2) is 7.12. The minimum Gasteiger partial charge on any atom is -0.367 e. The summed E-state index contributed by atoms with van der Waals surface area (Å²) in [7, 11) is 0. The van der Waals surface area contributed by atoms with Crippen molar-refractivity contribution in [1.82, 2.24) is 16.0 Å². The molecule has 0 radical (unpaired) electrons. The molecule has 2 aromatic rings. The van der Waals surface area contributed by atoms with Gasteiger partial charge >= 0.3 is 0 Å². The van der Waals surface area contributed by atoms with Gasteiger partial charge in [-0.25, -0.2) is 4.39 Å². The van der Waals surface area contributed by atoms with Crippen LogP contribution in [0.3, 0.4) is 0 Å². The van der Waals surface area contributed by atoms with Gasteiger partial charge in [0.15, 0.2) is 5.82 Å². The van der Waals surface area contributed by atoms with E-state index in [9.17, 15) is 4.39 Å². The standard InChI is InChI=1S/C17H20FN5O2/c18-14-9-12(1-2-16(14)23-6-4-19-5-7-23)15-10-13(25-21-15)11-20-17-3-8-24-22-17/h1-3,8-10,13,19,21H,4-7,11H2,(H,20,22). The summed E-state index contributed by atoms with van der Waals surface area (Å²) < 4.78 is 19.3. The smallest absolute Gasteiger partial charge is 0.169 e. The van der Waals surface area contributed by atoms with Crippen molar-refractivity contribution >= 4 is 17.2 Å². The van der Waals surface area contributed by atoms with Crippen LogP contribution in [0.1, 0.15) is 5.56 Å². The van der Waals surface area contributed by atoms with Gasteiger partial charge in [0.2, 0.25) is 0 Å². The highest BCUT2D eigenvalue weighted by molar-refractivity contribution is 5.67. The normalized spacial score (nSPS) is 20.3. The zero-order chi connectivity index (χ0) is 17.1. The van der Waals surface area contributed by atoms with E-state index < -0.39 is 0 Å². The molecule has 1 unspecified atom stereocenters. The lowest BCUT2D eigenvalue weighted by Gasteiger charge is -2.29. The van der Waals surface area contributed by atoms with Crippen LogP contribution in [-0.4, -0.2) is 44.0 Å². The van der Waals surface area contributed by atoms with E-state index in [1.165, 1.54) is 6.26 Å². The van der Waals surface area contributed by atoms with Crippen LogP contribution >= 0.6 is 0 Å². The Kier molecular flexibility index (Phi) is 4.53. The molecule has 0 spiro atoms. The zero-order valence-corrected chi connectivity index (χ0v) is 13.7. The summed E-state index contributed by atoms with van der Waals surface area (Å²) in [6.07, 6.45) is 3.24. The van der Waals surface area contributed by atoms with Crippen molar-refractivity contribution < 1.29 is 13.8 Å². The third-order valence-electron chi connectivity index (χ3n) is 4.31. The fourth-order valence-electron chi connectivity index (χ4n) is 2.99. The zero-order valence-electron chi connectivity index (χ0n) is 13.7. The molecule has 4 rings (SSSR count). The monoisotopic (exact) mass is 345 g/mol. The fraction of sp³-hybridized carbons (Fsp3) is 0.353. The predicted molar refractivity (Wildman–Crippen MR) is 92.5 cm³/mol. The highest BCUT2D eigenvalue weighted by Gasteiger charge is 2.20. The van der Waals surface area contributed by atoms with Gasteiger partial charge < -0.3 is 20.1 Å². The van der Waals surface area contributed by atoms with Gasteiger partial charge in [-0.15, -0.1) is 0 Å². The molecule has 132 valence electrons. The SMILES string of the molecule is Fc1cc(C2=CC(CNc3ccon3)ON2)ccc1N1CCNCC1. The van der Waals surface area contributed by atoms with E-state index in [1.807, 2.05) is 18.2 Å². The summed E-state index contributed by atoms with van der Waals surface area (Å²) in [4.78, 5) is 7.56. The molecular formula is C17H20FN5O2. The minimum absolute atomic E-state index is 0.178. The van der Waals surface area contributed by atoms with Crippen molar-refractivity contribution in [1.29, 1.82) is 0 Å². The Morgan fingerprint density at radius 1 is 1.28 bits per heavy atom. The Morgan fingerprint density at radius 2 is 2.16 bits per heavy atom. The molecule has 0 saturated carbocycles. The van der Waals surface area contributed by atoms with Gasteiger partial charge in [0.1, 0.15) is 18.2 Å². The summed E-state index contributed by atoms with van der Waals surface area (Å²) in [6, 6.07) is 7.03. The van der Waals surface area contributed by atoms with Crippen LogP contribution in [0.15, 0.2) is 41.1 Å². The van der Waals surface area contributed by atoms with E-state index in [2.05, 4.69) is 26.2 Å². The van der Waals surface area contributed by atoms with Crippen LogP contribution in [-0.2, 0) is 4.84 Å². The van der Waals surface area contributed by atoms with Crippen LogP contribution in [0, 0.1) is 5.82 Å². The number of hydrogen-bond acceptors (Lipinski definition) is 7. The Morgan fingerprint density at radius 3 is 2.92 bits per heavy atom. The van der Waals surface area contributed by atoms with Crippen LogP contribution in [0.25, 0.3) is 5.70 Å². The van der Waals surface area contributed by atoms with E-state index in [4.69, 9.17) is 9.36 Å². The minimum atomic E-state index is -0.216. The van der Waals surface area contributed by atoms with Crippen LogP contribution in [0.5, 0.6) is 0 Å². The number of nitrogens with zero attached hydrogens (tertiary/aromatic N) is 2. The lowest BCUT2D eigenvalue weighted by atomic mass is 10.1. The molecule has 3 heterocycles. The first-order chi connectivity index (χ1) is 12.3. The van der Waals surface area contributed by atoms with Gasteiger partial charge in [-0.2, -0.15) is 0 Å². The second-order valence-corrected chi connectivity index (χ2v) is 6.01. The highest BCUT2D eigenvalue weighted by atomic mass is 19.1. The number of anilines is 2. The first-order valence-corrected chi connectivity index (χ1v) is 8.33. The Hall–Kier alpha value is -2.58. The fourth-order valence-corrected chi connectivity index (χ4v) is 2.99. The summed E-state index contributed by atoms with van der Waals surface area (Å²) in [5.74, 6) is 0.433. The van der Waals surface area contributed by atoms with E-state index in [1.54, 1.807) is 12.1 Å². The number of hydrogen-bond donors (Lipinski definition) is 3. The highest BCUT2D eigenvalue weighted by Crippen LogP contribution is 2.25. The average Bonchev–Trinajstić information content (AvgIpc) is 3.32. The van der Waals surface area contributed by atoms with E-state index in [-0.39, 0.29) is 11.9 Å². The van der Waals surface area contributed by atoms with E-state index in [0.29, 0.717) is 18.1 Å². The number of nitrogens with one attached hydrogen (secondary N) is 3. The maximum atomic E-state index is 14.5. The molecule has 0 amide bonds. The number of halogens is 1. The summed E-state index contributed by atoms with van der Waals surface area (Å²) in [5, 5.41) is 10.2. The van der Waals surface area contributed by atoms with Crippen molar-refractivity contribution in [3.63, 3.8) is 0 Å². The van der Waals surface area contributed by atoms with Crippen molar-refractivity contribution in [3.05, 3.63) is 48.0 Å². The number of piperazine rings is 1. The summed E-state index contributed by atoms with van der Waals surface area (Å²) in [6.45, 7) is 3.92. The van der Waals surface area contributed by atoms with Crippen LogP contribution in [0.4, 0.5) is 15.9 Å². The van der Waals surface area contributed by atoms with Gasteiger partial charge in [0.05, 0.1) is 11.4 Å². The molecule has 1 atom stereocenters. The van der Waals surface area contributed by atoms with Gasteiger partial charge in [0, 0.05) is 44.4 Å². The van der Waals surface area contributed by atoms with Gasteiger partial charge in [-0.3, -0.25) is 10.3 Å². The number of aromatic nitrogens is 1. The molecule has 1 fully saturated rings. The Bertz CT molecular complexity index is 744. The van der Waals surface area contributed by atoms with E-state index >= 15 is 0 Å². The number of hydroxylamine groups is 1. The van der Waals surface area contributed by atoms with Crippen molar-refractivity contribution in [3.8, 4) is 0 Å². The lowest BCUT2D eigenvalue weighted by Crippen LogP contribution is -2.43. The maximum Gasteiger partial charge on any atom is 0.169 e. The molecule has 3 N–H and O–H groups in total. The van der Waals surface area contributed by atoms with Crippen LogP contribution < -0.4 is 21.0 Å². The third kappa shape index (κ3) is 3.59. The first-order valence-electron chi connectivity index (χ1n) is 8.33. The maximum absolute atomic E-state index is 14.5. The second-order valence-electron chi connectivity index (χ2n) is 6.01. The lowest BCUT2D eigenvalue weighted by molar-refractivity contribution is 0.0590. The average molecular weight is 345 g/mol. The van der Waals surface area contributed by atoms with Crippen molar-refractivity contribution in [2.45, 2.75) is 6.10 Å². The Balaban J connectivity index is 1.42. The molecule has 2 aliphatic heterocycles.